The first-order valence-corrected chi connectivity index (χ1v) is 7.85. The minimum Gasteiger partial charge on any atom is -0.470 e. The molecule has 0 aliphatic rings. The first kappa shape index (κ1) is 16.5. The molecule has 0 spiro atoms. The van der Waals surface area contributed by atoms with Crippen molar-refractivity contribution in [2.75, 3.05) is 5.32 Å². The third kappa shape index (κ3) is 3.95. The molecule has 0 saturated carbocycles. The third-order valence-electron chi connectivity index (χ3n) is 2.93. The molecule has 0 saturated heterocycles. The lowest BCUT2D eigenvalue weighted by Crippen LogP contribution is -2.10. The van der Waals surface area contributed by atoms with Crippen LogP contribution in [0.1, 0.15) is 10.6 Å². The van der Waals surface area contributed by atoms with Crippen molar-refractivity contribution in [3.05, 3.63) is 64.0 Å². The van der Waals surface area contributed by atoms with Crippen LogP contribution in [0.15, 0.2) is 51.8 Å². The Hall–Kier alpha value is -2.32. The zero-order valence-electron chi connectivity index (χ0n) is 12.0. The van der Waals surface area contributed by atoms with Crippen LogP contribution in [0.4, 0.5) is 10.1 Å². The Balaban J connectivity index is 1.60. The van der Waals surface area contributed by atoms with Gasteiger partial charge in [-0.25, -0.2) is 9.07 Å². The Labute approximate surface area is 149 Å². The third-order valence-corrected chi connectivity index (χ3v) is 3.66. The average molecular weight is 415 g/mol. The number of carbonyl (C=O) groups excluding carboxylic acids is 1. The molecule has 2 aromatic heterocycles. The van der Waals surface area contributed by atoms with Crippen LogP contribution in [0.3, 0.4) is 0 Å². The van der Waals surface area contributed by atoms with E-state index >= 15 is 0 Å². The Morgan fingerprint density at radius 3 is 2.96 bits per heavy atom. The minimum absolute atomic E-state index is 0.0491. The Kier molecular flexibility index (Phi) is 4.86. The predicted octanol–water partition coefficient (Wildman–Crippen LogP) is 4.32. The molecule has 3 aromatic rings. The smallest absolute Gasteiger partial charge is 0.291 e. The second-order valence-corrected chi connectivity index (χ2v) is 5.86. The monoisotopic (exact) mass is 413 g/mol. The largest absolute Gasteiger partial charge is 0.470 e. The van der Waals surface area contributed by atoms with Gasteiger partial charge in [0.25, 0.3) is 5.91 Å². The number of benzene rings is 1. The molecular formula is C15H10BrClFN3O3. The molecule has 3 rings (SSSR count). The molecule has 0 fully saturated rings. The van der Waals surface area contributed by atoms with Crippen molar-refractivity contribution < 1.29 is 18.3 Å². The highest BCUT2D eigenvalue weighted by Crippen LogP contribution is 2.25. The van der Waals surface area contributed by atoms with Gasteiger partial charge in [-0.15, -0.1) is 0 Å². The number of anilines is 1. The van der Waals surface area contributed by atoms with Gasteiger partial charge in [-0.1, -0.05) is 11.6 Å². The molecular weight excluding hydrogens is 405 g/mol. The Morgan fingerprint density at radius 2 is 2.25 bits per heavy atom. The molecule has 1 aromatic carbocycles. The highest BCUT2D eigenvalue weighted by atomic mass is 79.9. The first-order valence-electron chi connectivity index (χ1n) is 6.68. The number of nitrogens with zero attached hydrogens (tertiary/aromatic N) is 2. The lowest BCUT2D eigenvalue weighted by atomic mass is 10.3. The summed E-state index contributed by atoms with van der Waals surface area (Å²) in [7, 11) is 0. The highest BCUT2D eigenvalue weighted by Gasteiger charge is 2.12. The van der Waals surface area contributed by atoms with Gasteiger partial charge in [-0.2, -0.15) is 5.10 Å². The molecule has 0 aliphatic heterocycles. The van der Waals surface area contributed by atoms with E-state index < -0.39 is 11.7 Å². The van der Waals surface area contributed by atoms with Gasteiger partial charge < -0.3 is 14.5 Å². The zero-order chi connectivity index (χ0) is 17.1. The van der Waals surface area contributed by atoms with E-state index in [1.165, 1.54) is 23.0 Å². The number of nitrogens with one attached hydrogen (secondary N) is 1. The van der Waals surface area contributed by atoms with E-state index in [4.69, 9.17) is 20.8 Å². The van der Waals surface area contributed by atoms with Crippen LogP contribution in [-0.2, 0) is 6.73 Å². The number of halogens is 3. The number of aromatic nitrogens is 2. The molecule has 0 atom stereocenters. The predicted molar refractivity (Wildman–Crippen MR) is 88.6 cm³/mol. The molecule has 1 N–H and O–H groups in total. The van der Waals surface area contributed by atoms with E-state index in [-0.39, 0.29) is 17.5 Å². The van der Waals surface area contributed by atoms with E-state index in [1.54, 1.807) is 18.3 Å². The fraction of sp³-hybridized carbons (Fsp3) is 0.0667. The molecule has 1 amide bonds. The van der Waals surface area contributed by atoms with E-state index in [0.29, 0.717) is 16.1 Å². The number of carbonyl (C=O) groups is 1. The number of amides is 1. The zero-order valence-corrected chi connectivity index (χ0v) is 14.3. The maximum absolute atomic E-state index is 13.0. The van der Waals surface area contributed by atoms with Crippen LogP contribution >= 0.6 is 27.5 Å². The molecule has 6 nitrogen and oxygen atoms in total. The van der Waals surface area contributed by atoms with Gasteiger partial charge in [-0.3, -0.25) is 4.79 Å². The van der Waals surface area contributed by atoms with Crippen molar-refractivity contribution in [2.24, 2.45) is 0 Å². The Morgan fingerprint density at radius 1 is 1.42 bits per heavy atom. The standard InChI is InChI=1S/C15H10BrClFN3O3/c16-14-4-3-13(24-14)15(22)20-10-6-19-21(7-10)8-23-12-2-1-9(18)5-11(12)17/h1-7H,8H2,(H,20,22). The summed E-state index contributed by atoms with van der Waals surface area (Å²) in [5, 5.41) is 6.86. The van der Waals surface area contributed by atoms with Gasteiger partial charge in [0.05, 0.1) is 23.1 Å². The van der Waals surface area contributed by atoms with Gasteiger partial charge >= 0.3 is 0 Å². The summed E-state index contributed by atoms with van der Waals surface area (Å²) in [6.45, 7) is 0.0491. The number of ether oxygens (including phenoxy) is 1. The summed E-state index contributed by atoms with van der Waals surface area (Å²) in [4.78, 5) is 11.9. The summed E-state index contributed by atoms with van der Waals surface area (Å²) in [6, 6.07) is 7.01. The SMILES string of the molecule is O=C(Nc1cnn(COc2ccc(F)cc2Cl)c1)c1ccc(Br)o1. The molecule has 0 radical (unpaired) electrons. The second-order valence-electron chi connectivity index (χ2n) is 4.67. The summed E-state index contributed by atoms with van der Waals surface area (Å²) in [6.07, 6.45) is 3.04. The molecule has 0 bridgehead atoms. The maximum atomic E-state index is 13.0. The Bertz CT molecular complexity index is 880. The summed E-state index contributed by atoms with van der Waals surface area (Å²) >= 11 is 9.00. The first-order chi connectivity index (χ1) is 11.5. The van der Waals surface area contributed by atoms with E-state index in [9.17, 15) is 9.18 Å². The second kappa shape index (κ2) is 7.06. The van der Waals surface area contributed by atoms with E-state index in [1.807, 2.05) is 0 Å². The lowest BCUT2D eigenvalue weighted by Gasteiger charge is -2.07. The van der Waals surface area contributed by atoms with Gasteiger partial charge in [0, 0.05) is 0 Å². The average Bonchev–Trinajstić information content (AvgIpc) is 3.15. The van der Waals surface area contributed by atoms with E-state index in [0.717, 1.165) is 6.07 Å². The van der Waals surface area contributed by atoms with Gasteiger partial charge in [0.1, 0.15) is 11.6 Å². The maximum Gasteiger partial charge on any atom is 0.291 e. The number of hydrogen-bond acceptors (Lipinski definition) is 4. The van der Waals surface area contributed by atoms with Crippen molar-refractivity contribution in [2.45, 2.75) is 6.73 Å². The molecule has 124 valence electrons. The summed E-state index contributed by atoms with van der Waals surface area (Å²) in [5.74, 6) is -0.340. The number of hydrogen-bond donors (Lipinski definition) is 1. The normalized spacial score (nSPS) is 10.6. The molecule has 0 aliphatic carbocycles. The van der Waals surface area contributed by atoms with E-state index in [2.05, 4.69) is 26.3 Å². The fourth-order valence-corrected chi connectivity index (χ4v) is 2.38. The van der Waals surface area contributed by atoms with Crippen molar-refractivity contribution >= 4 is 39.1 Å². The van der Waals surface area contributed by atoms with Crippen molar-refractivity contribution in [3.8, 4) is 5.75 Å². The fourth-order valence-electron chi connectivity index (χ4n) is 1.86. The van der Waals surface area contributed by atoms with Crippen molar-refractivity contribution in [3.63, 3.8) is 0 Å². The van der Waals surface area contributed by atoms with Crippen LogP contribution in [0, 0.1) is 5.82 Å². The number of rotatable bonds is 5. The topological polar surface area (TPSA) is 69.3 Å². The molecule has 9 heteroatoms. The summed E-state index contributed by atoms with van der Waals surface area (Å²) in [5.41, 5.74) is 0.473. The quantitative estimate of drug-likeness (QED) is 0.675. The van der Waals surface area contributed by atoms with Crippen LogP contribution in [-0.4, -0.2) is 15.7 Å². The van der Waals surface area contributed by atoms with Crippen LogP contribution in [0.2, 0.25) is 5.02 Å². The van der Waals surface area contributed by atoms with Crippen LogP contribution in [0.5, 0.6) is 5.75 Å². The minimum atomic E-state index is -0.444. The van der Waals surface area contributed by atoms with Crippen molar-refractivity contribution in [1.82, 2.24) is 9.78 Å². The van der Waals surface area contributed by atoms with Crippen molar-refractivity contribution in [1.29, 1.82) is 0 Å². The van der Waals surface area contributed by atoms with Crippen LogP contribution < -0.4 is 10.1 Å². The summed E-state index contributed by atoms with van der Waals surface area (Å²) < 4.78 is 25.5. The number of furan rings is 1. The molecule has 0 unspecified atom stereocenters. The molecule has 24 heavy (non-hydrogen) atoms. The van der Waals surface area contributed by atoms with Gasteiger partial charge in [0.2, 0.25) is 0 Å². The highest BCUT2D eigenvalue weighted by molar-refractivity contribution is 9.10. The van der Waals surface area contributed by atoms with Crippen LogP contribution in [0.25, 0.3) is 0 Å². The van der Waals surface area contributed by atoms with Gasteiger partial charge in [-0.05, 0) is 46.3 Å². The van der Waals surface area contributed by atoms with Gasteiger partial charge in [0.15, 0.2) is 17.2 Å². The molecule has 2 heterocycles. The lowest BCUT2D eigenvalue weighted by molar-refractivity contribution is 0.0995.